The number of rotatable bonds is 3. The van der Waals surface area contributed by atoms with Gasteiger partial charge < -0.3 is 10.3 Å². The van der Waals surface area contributed by atoms with Crippen molar-refractivity contribution < 1.29 is 0 Å². The molecule has 2 rings (SSSR count). The fourth-order valence-electron chi connectivity index (χ4n) is 1.19. The van der Waals surface area contributed by atoms with Crippen LogP contribution in [0.15, 0.2) is 29.6 Å². The first kappa shape index (κ1) is 9.45. The van der Waals surface area contributed by atoms with Gasteiger partial charge in [0, 0.05) is 18.8 Å². The second kappa shape index (κ2) is 3.95. The highest BCUT2D eigenvalue weighted by molar-refractivity contribution is 5.52. The zero-order valence-electron chi connectivity index (χ0n) is 8.27. The van der Waals surface area contributed by atoms with E-state index in [1.54, 1.807) is 10.9 Å². The predicted octanol–water partition coefficient (Wildman–Crippen LogP) is 0.730. The van der Waals surface area contributed by atoms with Crippen LogP contribution in [0.4, 0.5) is 11.5 Å². The number of nitrogens with zero attached hydrogens (tertiary/aromatic N) is 3. The summed E-state index contributed by atoms with van der Waals surface area (Å²) in [7, 11) is 0. The molecule has 0 aromatic carbocycles. The molecule has 6 heteroatoms. The van der Waals surface area contributed by atoms with Crippen molar-refractivity contribution in [1.29, 1.82) is 0 Å². The van der Waals surface area contributed by atoms with Crippen molar-refractivity contribution in [3.63, 3.8) is 0 Å². The van der Waals surface area contributed by atoms with Crippen LogP contribution >= 0.6 is 0 Å². The Morgan fingerprint density at radius 1 is 1.60 bits per heavy atom. The molecule has 0 bridgehead atoms. The average molecular weight is 205 g/mol. The van der Waals surface area contributed by atoms with E-state index in [1.807, 2.05) is 13.1 Å². The van der Waals surface area contributed by atoms with Gasteiger partial charge in [-0.25, -0.2) is 4.98 Å². The number of aromatic amines is 1. The first-order valence-corrected chi connectivity index (χ1v) is 4.62. The van der Waals surface area contributed by atoms with Crippen molar-refractivity contribution in [3.8, 4) is 0 Å². The lowest BCUT2D eigenvalue weighted by atomic mass is 10.5. The minimum absolute atomic E-state index is 0.185. The Morgan fingerprint density at radius 3 is 3.13 bits per heavy atom. The molecule has 2 N–H and O–H groups in total. The van der Waals surface area contributed by atoms with E-state index >= 15 is 0 Å². The summed E-state index contributed by atoms with van der Waals surface area (Å²) in [6, 6.07) is 1.39. The van der Waals surface area contributed by atoms with Gasteiger partial charge in [0.15, 0.2) is 0 Å². The number of hydrogen-bond acceptors (Lipinski definition) is 4. The summed E-state index contributed by atoms with van der Waals surface area (Å²) in [4.78, 5) is 17.4. The van der Waals surface area contributed by atoms with Crippen LogP contribution in [-0.2, 0) is 6.54 Å². The van der Waals surface area contributed by atoms with E-state index in [2.05, 4.69) is 20.4 Å². The highest BCUT2D eigenvalue weighted by atomic mass is 16.1. The second-order valence-electron chi connectivity index (χ2n) is 3.01. The lowest BCUT2D eigenvalue weighted by Crippen LogP contribution is -2.06. The van der Waals surface area contributed by atoms with E-state index in [9.17, 15) is 4.79 Å². The topological polar surface area (TPSA) is 75.6 Å². The van der Waals surface area contributed by atoms with Crippen molar-refractivity contribution in [2.75, 3.05) is 5.32 Å². The van der Waals surface area contributed by atoms with E-state index in [0.717, 1.165) is 12.2 Å². The van der Waals surface area contributed by atoms with Gasteiger partial charge in [-0.3, -0.25) is 9.48 Å². The van der Waals surface area contributed by atoms with Crippen molar-refractivity contribution in [3.05, 3.63) is 35.1 Å². The Bertz CT molecular complexity index is 501. The minimum atomic E-state index is -0.185. The molecular formula is C9H11N5O. The molecule has 0 saturated carbocycles. The van der Waals surface area contributed by atoms with Crippen LogP contribution < -0.4 is 10.9 Å². The van der Waals surface area contributed by atoms with Crippen LogP contribution in [-0.4, -0.2) is 19.7 Å². The summed E-state index contributed by atoms with van der Waals surface area (Å²) < 4.78 is 1.79. The number of H-pyrrole nitrogens is 1. The molecule has 0 aliphatic rings. The van der Waals surface area contributed by atoms with Crippen LogP contribution in [0.1, 0.15) is 6.92 Å². The van der Waals surface area contributed by atoms with Crippen LogP contribution in [0, 0.1) is 0 Å². The van der Waals surface area contributed by atoms with Crippen molar-refractivity contribution in [2.24, 2.45) is 0 Å². The molecule has 6 nitrogen and oxygen atoms in total. The molecule has 0 aliphatic carbocycles. The Balaban J connectivity index is 2.18. The Morgan fingerprint density at radius 2 is 2.47 bits per heavy atom. The van der Waals surface area contributed by atoms with Crippen LogP contribution in [0.2, 0.25) is 0 Å². The van der Waals surface area contributed by atoms with Crippen molar-refractivity contribution in [1.82, 2.24) is 19.7 Å². The monoisotopic (exact) mass is 205 g/mol. The zero-order chi connectivity index (χ0) is 10.7. The van der Waals surface area contributed by atoms with Crippen LogP contribution in [0.3, 0.4) is 0 Å². The normalized spacial score (nSPS) is 10.2. The SMILES string of the molecule is CCn1cc(Nc2cc(=O)[nH]cn2)cn1. The minimum Gasteiger partial charge on any atom is -0.337 e. The van der Waals surface area contributed by atoms with Gasteiger partial charge in [-0.15, -0.1) is 0 Å². The molecule has 78 valence electrons. The molecule has 2 aromatic heterocycles. The molecule has 0 unspecified atom stereocenters. The molecule has 0 fully saturated rings. The Kier molecular flexibility index (Phi) is 2.49. The molecule has 0 atom stereocenters. The maximum atomic E-state index is 11.0. The maximum Gasteiger partial charge on any atom is 0.252 e. The van der Waals surface area contributed by atoms with Gasteiger partial charge in [0.1, 0.15) is 5.82 Å². The quantitative estimate of drug-likeness (QED) is 0.774. The third-order valence-electron chi connectivity index (χ3n) is 1.91. The lowest BCUT2D eigenvalue weighted by Gasteiger charge is -1.99. The van der Waals surface area contributed by atoms with Gasteiger partial charge in [-0.2, -0.15) is 5.10 Å². The summed E-state index contributed by atoms with van der Waals surface area (Å²) in [5.74, 6) is 0.509. The number of anilines is 2. The fourth-order valence-corrected chi connectivity index (χ4v) is 1.19. The summed E-state index contributed by atoms with van der Waals surface area (Å²) in [5.41, 5.74) is 0.630. The summed E-state index contributed by atoms with van der Waals surface area (Å²) in [5, 5.41) is 7.08. The zero-order valence-corrected chi connectivity index (χ0v) is 8.27. The van der Waals surface area contributed by atoms with Gasteiger partial charge >= 0.3 is 0 Å². The Labute approximate surface area is 86.0 Å². The number of aromatic nitrogens is 4. The number of hydrogen-bond donors (Lipinski definition) is 2. The standard InChI is InChI=1S/C9H11N5O/c1-2-14-5-7(4-12-14)13-8-3-9(15)11-6-10-8/h3-6H,2H2,1H3,(H2,10,11,13,15). The van der Waals surface area contributed by atoms with Crippen molar-refractivity contribution in [2.45, 2.75) is 13.5 Å². The summed E-state index contributed by atoms with van der Waals surface area (Å²) in [6.45, 7) is 2.81. The fraction of sp³-hybridized carbons (Fsp3) is 0.222. The molecule has 0 saturated heterocycles. The van der Waals surface area contributed by atoms with Gasteiger partial charge in [-0.05, 0) is 6.92 Å². The van der Waals surface area contributed by atoms with E-state index < -0.39 is 0 Å². The van der Waals surface area contributed by atoms with Crippen LogP contribution in [0.5, 0.6) is 0 Å². The molecule has 0 amide bonds. The number of nitrogens with one attached hydrogen (secondary N) is 2. The largest absolute Gasteiger partial charge is 0.337 e. The third kappa shape index (κ3) is 2.22. The summed E-state index contributed by atoms with van der Waals surface area (Å²) in [6.07, 6.45) is 4.89. The molecule has 2 heterocycles. The second-order valence-corrected chi connectivity index (χ2v) is 3.01. The molecule has 0 spiro atoms. The highest BCUT2D eigenvalue weighted by Crippen LogP contribution is 2.10. The first-order chi connectivity index (χ1) is 7.28. The molecular weight excluding hydrogens is 194 g/mol. The third-order valence-corrected chi connectivity index (χ3v) is 1.91. The highest BCUT2D eigenvalue weighted by Gasteiger charge is 1.98. The lowest BCUT2D eigenvalue weighted by molar-refractivity contribution is 0.660. The van der Waals surface area contributed by atoms with Crippen LogP contribution in [0.25, 0.3) is 0 Å². The van der Waals surface area contributed by atoms with E-state index in [0.29, 0.717) is 5.82 Å². The van der Waals surface area contributed by atoms with Gasteiger partial charge in [0.2, 0.25) is 0 Å². The van der Waals surface area contributed by atoms with Gasteiger partial charge in [-0.1, -0.05) is 0 Å². The smallest absolute Gasteiger partial charge is 0.252 e. The van der Waals surface area contributed by atoms with E-state index in [4.69, 9.17) is 0 Å². The first-order valence-electron chi connectivity index (χ1n) is 4.62. The molecule has 15 heavy (non-hydrogen) atoms. The van der Waals surface area contributed by atoms with Crippen molar-refractivity contribution >= 4 is 11.5 Å². The summed E-state index contributed by atoms with van der Waals surface area (Å²) >= 11 is 0. The molecule has 0 aliphatic heterocycles. The maximum absolute atomic E-state index is 11.0. The van der Waals surface area contributed by atoms with E-state index in [-0.39, 0.29) is 5.56 Å². The molecule has 0 radical (unpaired) electrons. The van der Waals surface area contributed by atoms with Gasteiger partial charge in [0.25, 0.3) is 5.56 Å². The van der Waals surface area contributed by atoms with E-state index in [1.165, 1.54) is 12.4 Å². The predicted molar refractivity (Wildman–Crippen MR) is 56.0 cm³/mol. The average Bonchev–Trinajstić information content (AvgIpc) is 2.65. The molecule has 2 aromatic rings. The van der Waals surface area contributed by atoms with Gasteiger partial charge in [0.05, 0.1) is 18.2 Å². The number of aryl methyl sites for hydroxylation is 1. The Hall–Kier alpha value is -2.11.